The Morgan fingerprint density at radius 1 is 1.25 bits per heavy atom. The molecule has 0 atom stereocenters. The third-order valence-corrected chi connectivity index (χ3v) is 5.70. The van der Waals surface area contributed by atoms with Gasteiger partial charge in [-0.05, 0) is 25.0 Å². The van der Waals surface area contributed by atoms with Crippen molar-refractivity contribution in [2.24, 2.45) is 5.41 Å². The first-order valence-electron chi connectivity index (χ1n) is 6.93. The lowest BCUT2D eigenvalue weighted by molar-refractivity contribution is -0.126. The van der Waals surface area contributed by atoms with Gasteiger partial charge in [-0.2, -0.15) is 0 Å². The van der Waals surface area contributed by atoms with Crippen LogP contribution >= 0.6 is 11.8 Å². The van der Waals surface area contributed by atoms with Crippen molar-refractivity contribution in [3.8, 4) is 0 Å². The third-order valence-electron chi connectivity index (χ3n) is 4.28. The molecule has 1 aromatic rings. The molecule has 0 aromatic heterocycles. The zero-order valence-electron chi connectivity index (χ0n) is 11.1. The molecule has 1 aromatic carbocycles. The van der Waals surface area contributed by atoms with Crippen LogP contribution in [0.5, 0.6) is 0 Å². The predicted molar refractivity (Wildman–Crippen MR) is 78.3 cm³/mol. The van der Waals surface area contributed by atoms with Crippen molar-refractivity contribution in [3.63, 3.8) is 0 Å². The van der Waals surface area contributed by atoms with Crippen LogP contribution in [0.2, 0.25) is 0 Å². The Morgan fingerprint density at radius 2 is 2.00 bits per heavy atom. The quantitative estimate of drug-likeness (QED) is 0.832. The SMILES string of the molecule is O=C(O)c1cccc2c1SCC1(CCCCC1)C(=O)N2. The van der Waals surface area contributed by atoms with Gasteiger partial charge in [-0.25, -0.2) is 4.79 Å². The fourth-order valence-corrected chi connectivity index (χ4v) is 4.52. The summed E-state index contributed by atoms with van der Waals surface area (Å²) in [5.74, 6) is -0.204. The van der Waals surface area contributed by atoms with Gasteiger partial charge >= 0.3 is 5.97 Å². The average Bonchev–Trinajstić information content (AvgIpc) is 2.58. The summed E-state index contributed by atoms with van der Waals surface area (Å²) in [5.41, 5.74) is 0.598. The third kappa shape index (κ3) is 2.20. The molecule has 1 fully saturated rings. The van der Waals surface area contributed by atoms with Crippen LogP contribution < -0.4 is 5.32 Å². The number of carboxylic acid groups (broad SMARTS) is 1. The van der Waals surface area contributed by atoms with E-state index in [1.807, 2.05) is 0 Å². The minimum absolute atomic E-state index is 0.0611. The highest BCUT2D eigenvalue weighted by molar-refractivity contribution is 7.99. The number of aromatic carboxylic acids is 1. The summed E-state index contributed by atoms with van der Waals surface area (Å²) in [4.78, 5) is 24.6. The lowest BCUT2D eigenvalue weighted by Gasteiger charge is -2.33. The smallest absolute Gasteiger partial charge is 0.336 e. The van der Waals surface area contributed by atoms with Crippen molar-refractivity contribution in [1.29, 1.82) is 0 Å². The number of thioether (sulfide) groups is 1. The minimum Gasteiger partial charge on any atom is -0.478 e. The summed E-state index contributed by atoms with van der Waals surface area (Å²) < 4.78 is 0. The summed E-state index contributed by atoms with van der Waals surface area (Å²) in [7, 11) is 0. The summed E-state index contributed by atoms with van der Waals surface area (Å²) in [6.45, 7) is 0. The number of carboxylic acids is 1. The first kappa shape index (κ1) is 13.5. The monoisotopic (exact) mass is 291 g/mol. The van der Waals surface area contributed by atoms with Crippen LogP contribution in [0.4, 0.5) is 5.69 Å². The second kappa shape index (κ2) is 5.13. The van der Waals surface area contributed by atoms with Crippen molar-refractivity contribution < 1.29 is 14.7 Å². The molecular weight excluding hydrogens is 274 g/mol. The average molecular weight is 291 g/mol. The fraction of sp³-hybridized carbons (Fsp3) is 0.467. The minimum atomic E-state index is -0.941. The van der Waals surface area contributed by atoms with Gasteiger partial charge in [0.2, 0.25) is 5.91 Å². The maximum absolute atomic E-state index is 12.6. The predicted octanol–water partition coefficient (Wildman–Crippen LogP) is 3.38. The van der Waals surface area contributed by atoms with E-state index < -0.39 is 5.97 Å². The highest BCUT2D eigenvalue weighted by Gasteiger charge is 2.41. The Balaban J connectivity index is 1.98. The van der Waals surface area contributed by atoms with Gasteiger partial charge in [0.25, 0.3) is 0 Å². The number of carbonyl (C=O) groups is 2. The van der Waals surface area contributed by atoms with Gasteiger partial charge in [0.15, 0.2) is 0 Å². The molecule has 0 bridgehead atoms. The number of hydrogen-bond acceptors (Lipinski definition) is 3. The molecular formula is C15H17NO3S. The van der Waals surface area contributed by atoms with E-state index >= 15 is 0 Å². The van der Waals surface area contributed by atoms with E-state index in [1.54, 1.807) is 18.2 Å². The van der Waals surface area contributed by atoms with Crippen molar-refractivity contribution in [2.45, 2.75) is 37.0 Å². The van der Waals surface area contributed by atoms with Crippen molar-refractivity contribution in [2.75, 3.05) is 11.1 Å². The lowest BCUT2D eigenvalue weighted by Crippen LogP contribution is -2.39. The van der Waals surface area contributed by atoms with Crippen molar-refractivity contribution >= 4 is 29.3 Å². The molecule has 20 heavy (non-hydrogen) atoms. The van der Waals surface area contributed by atoms with E-state index in [2.05, 4.69) is 5.32 Å². The molecule has 2 aliphatic rings. The number of amides is 1. The van der Waals surface area contributed by atoms with Crippen LogP contribution in [0, 0.1) is 5.41 Å². The molecule has 1 saturated carbocycles. The molecule has 0 radical (unpaired) electrons. The molecule has 1 heterocycles. The summed E-state index contributed by atoms with van der Waals surface area (Å²) in [6, 6.07) is 5.07. The van der Waals surface area contributed by atoms with Gasteiger partial charge in [0.1, 0.15) is 0 Å². The second-order valence-corrected chi connectivity index (χ2v) is 6.56. The van der Waals surface area contributed by atoms with Gasteiger partial charge < -0.3 is 10.4 Å². The van der Waals surface area contributed by atoms with Crippen LogP contribution in [0.1, 0.15) is 42.5 Å². The number of carbonyl (C=O) groups excluding carboxylic acids is 1. The molecule has 1 aliphatic heterocycles. The molecule has 5 heteroatoms. The summed E-state index contributed by atoms with van der Waals surface area (Å²) >= 11 is 1.51. The Labute approximate surface area is 121 Å². The first-order valence-corrected chi connectivity index (χ1v) is 7.91. The standard InChI is InChI=1S/C15H17NO3S/c17-13(18)10-5-4-6-11-12(10)20-9-15(14(19)16-11)7-2-1-3-8-15/h4-6H,1-3,7-9H2,(H,16,19)(H,17,18). The number of benzene rings is 1. The molecule has 0 unspecified atom stereocenters. The van der Waals surface area contributed by atoms with Gasteiger partial charge in [-0.15, -0.1) is 11.8 Å². The molecule has 106 valence electrons. The maximum Gasteiger partial charge on any atom is 0.336 e. The number of hydrogen-bond donors (Lipinski definition) is 2. The van der Waals surface area contributed by atoms with Crippen LogP contribution in [-0.2, 0) is 4.79 Å². The number of rotatable bonds is 1. The second-order valence-electron chi connectivity index (χ2n) is 5.57. The van der Waals surface area contributed by atoms with Crippen LogP contribution in [0.15, 0.2) is 23.1 Å². The molecule has 4 nitrogen and oxygen atoms in total. The zero-order chi connectivity index (χ0) is 14.2. The van der Waals surface area contributed by atoms with E-state index in [-0.39, 0.29) is 16.9 Å². The maximum atomic E-state index is 12.6. The van der Waals surface area contributed by atoms with E-state index in [1.165, 1.54) is 18.2 Å². The lowest BCUT2D eigenvalue weighted by atomic mass is 9.75. The van der Waals surface area contributed by atoms with E-state index in [0.717, 1.165) is 25.7 Å². The Kier molecular flexibility index (Phi) is 3.46. The Bertz CT molecular complexity index is 564. The Hall–Kier alpha value is -1.49. The first-order chi connectivity index (χ1) is 9.62. The molecule has 1 amide bonds. The molecule has 2 N–H and O–H groups in total. The van der Waals surface area contributed by atoms with E-state index in [4.69, 9.17) is 0 Å². The number of fused-ring (bicyclic) bond motifs is 1. The van der Waals surface area contributed by atoms with E-state index in [0.29, 0.717) is 16.3 Å². The van der Waals surface area contributed by atoms with Crippen LogP contribution in [0.25, 0.3) is 0 Å². The van der Waals surface area contributed by atoms with Gasteiger partial charge in [0.05, 0.1) is 16.7 Å². The van der Waals surface area contributed by atoms with E-state index in [9.17, 15) is 14.7 Å². The van der Waals surface area contributed by atoms with Gasteiger partial charge in [-0.1, -0.05) is 25.3 Å². The van der Waals surface area contributed by atoms with Crippen LogP contribution in [0.3, 0.4) is 0 Å². The van der Waals surface area contributed by atoms with Crippen molar-refractivity contribution in [1.82, 2.24) is 0 Å². The highest BCUT2D eigenvalue weighted by atomic mass is 32.2. The number of anilines is 1. The van der Waals surface area contributed by atoms with Crippen molar-refractivity contribution in [3.05, 3.63) is 23.8 Å². The largest absolute Gasteiger partial charge is 0.478 e. The summed E-state index contributed by atoms with van der Waals surface area (Å²) in [6.07, 6.45) is 5.16. The summed E-state index contributed by atoms with van der Waals surface area (Å²) in [5, 5.41) is 12.2. The number of nitrogens with one attached hydrogen (secondary N) is 1. The molecule has 1 aliphatic carbocycles. The topological polar surface area (TPSA) is 66.4 Å². The van der Waals surface area contributed by atoms with Gasteiger partial charge in [0, 0.05) is 10.6 Å². The fourth-order valence-electron chi connectivity index (χ4n) is 3.09. The van der Waals surface area contributed by atoms with Crippen LogP contribution in [-0.4, -0.2) is 22.7 Å². The molecule has 0 saturated heterocycles. The van der Waals surface area contributed by atoms with Gasteiger partial charge in [-0.3, -0.25) is 4.79 Å². The molecule has 1 spiro atoms. The highest BCUT2D eigenvalue weighted by Crippen LogP contribution is 2.46. The molecule has 3 rings (SSSR count). The normalized spacial score (nSPS) is 20.9. The zero-order valence-corrected chi connectivity index (χ0v) is 12.0. The Morgan fingerprint density at radius 3 is 2.70 bits per heavy atom.